The van der Waals surface area contributed by atoms with E-state index in [1.165, 1.54) is 12.4 Å². The van der Waals surface area contributed by atoms with Gasteiger partial charge in [-0.2, -0.15) is 0 Å². The van der Waals surface area contributed by atoms with Gasteiger partial charge in [0.2, 0.25) is 0 Å². The van der Waals surface area contributed by atoms with E-state index in [2.05, 4.69) is 77.7 Å². The van der Waals surface area contributed by atoms with Crippen molar-refractivity contribution >= 4 is 40.0 Å². The van der Waals surface area contributed by atoms with E-state index < -0.39 is 44.5 Å². The molecular weight excluding hydrogens is 569 g/mol. The fourth-order valence-electron chi connectivity index (χ4n) is 5.54. The maximum Gasteiger partial charge on any atom is 0.272 e. The summed E-state index contributed by atoms with van der Waals surface area (Å²) >= 11 is 0. The highest BCUT2D eigenvalue weighted by Gasteiger charge is 2.63. The monoisotopic (exact) mass is 616 g/mol. The highest BCUT2D eigenvalue weighted by molar-refractivity contribution is 6.83. The van der Waals surface area contributed by atoms with Gasteiger partial charge in [-0.25, -0.2) is 9.98 Å². The van der Waals surface area contributed by atoms with Gasteiger partial charge in [0.25, 0.3) is 5.69 Å². The molecule has 4 atom stereocenters. The Labute approximate surface area is 251 Å². The molecule has 232 valence electrons. The second kappa shape index (κ2) is 10.7. The number of nitrogens with two attached hydrogens (primary N) is 1. The molecule has 1 unspecified atom stereocenters. The number of benzene rings is 1. The molecule has 1 fully saturated rings. The first-order valence-corrected chi connectivity index (χ1v) is 20.5. The fraction of sp³-hybridized carbons (Fsp3) is 0.690. The lowest BCUT2D eigenvalue weighted by Gasteiger charge is -2.49. The van der Waals surface area contributed by atoms with E-state index in [0.29, 0.717) is 30.1 Å². The van der Waals surface area contributed by atoms with Gasteiger partial charge in [-0.1, -0.05) is 72.8 Å². The number of fused-ring (bicyclic) bond motifs is 1. The first-order valence-electron chi connectivity index (χ1n) is 14.6. The molecular formula is C29H48N6O5Si2. The predicted molar refractivity (Wildman–Crippen MR) is 172 cm³/mol. The second-order valence-electron chi connectivity index (χ2n) is 15.0. The molecule has 1 saturated heterocycles. The van der Waals surface area contributed by atoms with Crippen LogP contribution in [0.25, 0.3) is 0 Å². The Balaban J connectivity index is 1.62. The average molecular weight is 617 g/mol. The summed E-state index contributed by atoms with van der Waals surface area (Å²) in [5.41, 5.74) is 6.39. The average Bonchev–Trinajstić information content (AvgIpc) is 3.44. The van der Waals surface area contributed by atoms with E-state index >= 15 is 0 Å². The number of aliphatic hydroxyl groups is 1. The van der Waals surface area contributed by atoms with Crippen molar-refractivity contribution in [3.63, 3.8) is 0 Å². The van der Waals surface area contributed by atoms with Crippen LogP contribution >= 0.6 is 0 Å². The van der Waals surface area contributed by atoms with Crippen LogP contribution in [0.15, 0.2) is 39.2 Å². The van der Waals surface area contributed by atoms with Gasteiger partial charge >= 0.3 is 0 Å². The lowest BCUT2D eigenvalue weighted by Crippen LogP contribution is -2.65. The minimum absolute atomic E-state index is 0.0137. The fourth-order valence-corrected chi connectivity index (χ4v) is 9.48. The molecule has 3 N–H and O–H groups in total. The van der Waals surface area contributed by atoms with Crippen LogP contribution in [-0.2, 0) is 15.6 Å². The molecule has 3 aliphatic heterocycles. The Morgan fingerprint density at radius 3 is 2.40 bits per heavy atom. The number of ether oxygens (including phenoxy) is 1. The third kappa shape index (κ3) is 5.55. The van der Waals surface area contributed by atoms with E-state index in [9.17, 15) is 15.2 Å². The highest BCUT2D eigenvalue weighted by atomic mass is 28.4. The smallest absolute Gasteiger partial charge is 0.272 e. The maximum atomic E-state index is 12.6. The first kappa shape index (κ1) is 32.6. The molecule has 0 aliphatic carbocycles. The molecule has 4 rings (SSSR count). The molecule has 42 heavy (non-hydrogen) atoms. The summed E-state index contributed by atoms with van der Waals surface area (Å²) in [6.45, 7) is 22.6. The standard InChI is InChI=1S/C29H48N6O5Si2/c1-26(2,3)41(7,8)29(36)16-23(40-22(29)17-39-42(9,10)27(4,5)6)34-19-32-24-25(34)31-18-33-28(24,30)15-20-13-11-12-14-21(20)35(37)38/h11-14,18,22-23,36H,15-17,19,30H2,1-10H3/t22-,23-,28?,29-/m1/s1. The minimum atomic E-state index is -2.39. The number of nitro groups is 1. The molecule has 11 nitrogen and oxygen atoms in total. The van der Waals surface area contributed by atoms with Crippen molar-refractivity contribution in [2.45, 2.75) is 114 Å². The normalized spacial score (nSPS) is 28.5. The molecule has 1 aromatic carbocycles. The number of hydrogen-bond acceptors (Lipinski definition) is 10. The van der Waals surface area contributed by atoms with Crippen LogP contribution in [0.5, 0.6) is 0 Å². The SMILES string of the molecule is CC(C)(C)[Si](C)(C)OC[C@H]1O[C@@H](N2CN=C3C2=NC=NC3(N)Cc2ccccc2[N+](=O)[O-])C[C@@]1(O)[Si](C)(C)C(C)(C)C. The van der Waals surface area contributed by atoms with Crippen molar-refractivity contribution in [3.05, 3.63) is 39.9 Å². The second-order valence-corrected chi connectivity index (χ2v) is 25.4. The zero-order valence-electron chi connectivity index (χ0n) is 26.8. The van der Waals surface area contributed by atoms with Crippen molar-refractivity contribution in [2.75, 3.05) is 13.3 Å². The summed E-state index contributed by atoms with van der Waals surface area (Å²) in [5.74, 6) is 0.527. The Morgan fingerprint density at radius 2 is 1.81 bits per heavy atom. The van der Waals surface area contributed by atoms with Crippen LogP contribution in [0.2, 0.25) is 36.3 Å². The summed E-state index contributed by atoms with van der Waals surface area (Å²) in [5, 5.41) is 23.1. The van der Waals surface area contributed by atoms with Crippen molar-refractivity contribution in [2.24, 2.45) is 20.7 Å². The predicted octanol–water partition coefficient (Wildman–Crippen LogP) is 4.86. The number of nitrogens with zero attached hydrogens (tertiary/aromatic N) is 5. The third-order valence-corrected chi connectivity index (χ3v) is 21.4. The summed E-state index contributed by atoms with van der Waals surface area (Å²) in [6.07, 6.45) is 0.854. The van der Waals surface area contributed by atoms with E-state index in [0.717, 1.165) is 0 Å². The number of aliphatic imine (C=N–C) groups is 3. The van der Waals surface area contributed by atoms with Crippen LogP contribution in [0.4, 0.5) is 5.69 Å². The Kier molecular flexibility index (Phi) is 8.31. The number of nitro benzene ring substituents is 1. The Hall–Kier alpha value is -2.30. The number of amidine groups is 1. The number of hydrogen-bond donors (Lipinski definition) is 2. The molecule has 0 saturated carbocycles. The zero-order valence-corrected chi connectivity index (χ0v) is 28.8. The zero-order chi connectivity index (χ0) is 31.5. The van der Waals surface area contributed by atoms with Crippen molar-refractivity contribution < 1.29 is 19.2 Å². The molecule has 3 aliphatic rings. The summed E-state index contributed by atoms with van der Waals surface area (Å²) in [7, 11) is -4.49. The molecule has 3 heterocycles. The van der Waals surface area contributed by atoms with Gasteiger partial charge < -0.3 is 24.9 Å². The van der Waals surface area contributed by atoms with Crippen LogP contribution in [-0.4, -0.2) is 85.7 Å². The molecule has 0 radical (unpaired) electrons. The molecule has 1 aromatic rings. The van der Waals surface area contributed by atoms with Crippen LogP contribution in [0, 0.1) is 10.1 Å². The van der Waals surface area contributed by atoms with Crippen molar-refractivity contribution in [3.8, 4) is 0 Å². The molecule has 0 spiro atoms. The van der Waals surface area contributed by atoms with Gasteiger partial charge in [-0.05, 0) is 23.2 Å². The molecule has 13 heteroatoms. The Bertz CT molecular complexity index is 1320. The van der Waals surface area contributed by atoms with E-state index in [1.807, 2.05) is 4.90 Å². The van der Waals surface area contributed by atoms with Crippen molar-refractivity contribution in [1.29, 1.82) is 0 Å². The van der Waals surface area contributed by atoms with Gasteiger partial charge in [0, 0.05) is 24.5 Å². The highest BCUT2D eigenvalue weighted by Crippen LogP contribution is 2.51. The van der Waals surface area contributed by atoms with Gasteiger partial charge in [-0.15, -0.1) is 0 Å². The topological polar surface area (TPSA) is 148 Å². The van der Waals surface area contributed by atoms with Gasteiger partial charge in [0.15, 0.2) is 19.8 Å². The quantitative estimate of drug-likeness (QED) is 0.241. The van der Waals surface area contributed by atoms with Crippen molar-refractivity contribution in [1.82, 2.24) is 4.90 Å². The molecule has 0 aromatic heterocycles. The first-order chi connectivity index (χ1) is 19.1. The Morgan fingerprint density at radius 1 is 1.17 bits per heavy atom. The number of para-hydroxylation sites is 1. The summed E-state index contributed by atoms with van der Waals surface area (Å²) in [6, 6.07) is 6.52. The largest absolute Gasteiger partial charge is 0.414 e. The summed E-state index contributed by atoms with van der Waals surface area (Å²) < 4.78 is 13.3. The van der Waals surface area contributed by atoms with Gasteiger partial charge in [0.05, 0.1) is 24.8 Å². The van der Waals surface area contributed by atoms with E-state index in [-0.39, 0.29) is 28.9 Å². The van der Waals surface area contributed by atoms with Gasteiger partial charge in [0.1, 0.15) is 31.1 Å². The van der Waals surface area contributed by atoms with Crippen LogP contribution in [0.1, 0.15) is 53.5 Å². The minimum Gasteiger partial charge on any atom is -0.414 e. The van der Waals surface area contributed by atoms with E-state index in [1.54, 1.807) is 18.2 Å². The summed E-state index contributed by atoms with van der Waals surface area (Å²) in [4.78, 5) is 26.9. The van der Waals surface area contributed by atoms with Crippen LogP contribution < -0.4 is 5.73 Å². The lowest BCUT2D eigenvalue weighted by atomic mass is 9.93. The van der Waals surface area contributed by atoms with Gasteiger partial charge in [-0.3, -0.25) is 15.1 Å². The molecule has 0 bridgehead atoms. The van der Waals surface area contributed by atoms with E-state index in [4.69, 9.17) is 19.9 Å². The maximum absolute atomic E-state index is 12.6. The molecule has 0 amide bonds. The van der Waals surface area contributed by atoms with Crippen LogP contribution in [0.3, 0.4) is 0 Å². The lowest BCUT2D eigenvalue weighted by molar-refractivity contribution is -0.385. The number of rotatable bonds is 8. The third-order valence-electron chi connectivity index (χ3n) is 10.4.